The molecule has 0 N–H and O–H groups in total. The van der Waals surface area contributed by atoms with Crippen LogP contribution in [0.25, 0.3) is 10.9 Å². The van der Waals surface area contributed by atoms with E-state index < -0.39 is 0 Å². The van der Waals surface area contributed by atoms with Crippen LogP contribution in [0.15, 0.2) is 24.4 Å². The minimum Gasteiger partial charge on any atom is -0.226 e. The van der Waals surface area contributed by atoms with Crippen molar-refractivity contribution in [1.82, 2.24) is 9.97 Å². The molecule has 0 saturated heterocycles. The summed E-state index contributed by atoms with van der Waals surface area (Å²) in [6.07, 6.45) is 1.73. The Bertz CT molecular complexity index is 430. The SMILES string of the molecule is Clc1ncc2cccc(I)c2n1. The molecule has 1 heterocycles. The highest BCUT2D eigenvalue weighted by molar-refractivity contribution is 14.1. The fourth-order valence-electron chi connectivity index (χ4n) is 0.998. The minimum absolute atomic E-state index is 0.298. The van der Waals surface area contributed by atoms with Gasteiger partial charge < -0.3 is 0 Å². The Morgan fingerprint density at radius 2 is 2.17 bits per heavy atom. The second-order valence-electron chi connectivity index (χ2n) is 2.32. The largest absolute Gasteiger partial charge is 0.226 e. The smallest absolute Gasteiger partial charge is 0.222 e. The van der Waals surface area contributed by atoms with E-state index in [2.05, 4.69) is 32.6 Å². The molecule has 0 amide bonds. The molecule has 0 aliphatic carbocycles. The summed E-state index contributed by atoms with van der Waals surface area (Å²) in [5, 5.41) is 1.32. The Hall–Kier alpha value is -0.420. The van der Waals surface area contributed by atoms with Crippen LogP contribution in [0.4, 0.5) is 0 Å². The molecule has 1 aromatic heterocycles. The molecule has 2 nitrogen and oxygen atoms in total. The van der Waals surface area contributed by atoms with Crippen LogP contribution in [0.2, 0.25) is 5.28 Å². The van der Waals surface area contributed by atoms with Crippen molar-refractivity contribution >= 4 is 45.1 Å². The number of aromatic nitrogens is 2. The Balaban J connectivity index is 2.88. The average Bonchev–Trinajstić information content (AvgIpc) is 2.07. The van der Waals surface area contributed by atoms with Crippen LogP contribution in [0.5, 0.6) is 0 Å². The highest BCUT2D eigenvalue weighted by atomic mass is 127. The fourth-order valence-corrected chi connectivity index (χ4v) is 1.77. The molecule has 0 aliphatic heterocycles. The summed E-state index contributed by atoms with van der Waals surface area (Å²) in [7, 11) is 0. The van der Waals surface area contributed by atoms with E-state index in [1.165, 1.54) is 0 Å². The first-order valence-electron chi connectivity index (χ1n) is 3.34. The zero-order valence-electron chi connectivity index (χ0n) is 5.96. The molecular formula is C8H4ClIN2. The zero-order chi connectivity index (χ0) is 8.55. The van der Waals surface area contributed by atoms with Gasteiger partial charge in [-0.15, -0.1) is 0 Å². The van der Waals surface area contributed by atoms with Gasteiger partial charge in [0.15, 0.2) is 0 Å². The summed E-state index contributed by atoms with van der Waals surface area (Å²) in [6, 6.07) is 5.93. The Morgan fingerprint density at radius 3 is 3.00 bits per heavy atom. The van der Waals surface area contributed by atoms with Gasteiger partial charge in [-0.05, 0) is 40.3 Å². The second-order valence-corrected chi connectivity index (χ2v) is 3.82. The summed E-state index contributed by atoms with van der Waals surface area (Å²) in [5.41, 5.74) is 0.915. The van der Waals surface area contributed by atoms with E-state index in [1.54, 1.807) is 6.20 Å². The number of hydrogen-bond donors (Lipinski definition) is 0. The highest BCUT2D eigenvalue weighted by Gasteiger charge is 1.99. The van der Waals surface area contributed by atoms with Gasteiger partial charge in [0.1, 0.15) is 0 Å². The number of fused-ring (bicyclic) bond motifs is 1. The Labute approximate surface area is 88.1 Å². The third-order valence-corrected chi connectivity index (χ3v) is 2.58. The third-order valence-electron chi connectivity index (χ3n) is 1.53. The average molecular weight is 290 g/mol. The fraction of sp³-hybridized carbons (Fsp3) is 0. The monoisotopic (exact) mass is 290 g/mol. The molecular weight excluding hydrogens is 286 g/mol. The zero-order valence-corrected chi connectivity index (χ0v) is 8.87. The standard InChI is InChI=1S/C8H4ClIN2/c9-8-11-4-5-2-1-3-6(10)7(5)12-8/h1-4H. The molecule has 2 aromatic rings. The first-order valence-corrected chi connectivity index (χ1v) is 4.80. The van der Waals surface area contributed by atoms with E-state index in [4.69, 9.17) is 11.6 Å². The number of rotatable bonds is 0. The topological polar surface area (TPSA) is 25.8 Å². The summed E-state index contributed by atoms with van der Waals surface area (Å²) < 4.78 is 1.09. The van der Waals surface area contributed by atoms with Crippen molar-refractivity contribution in [2.45, 2.75) is 0 Å². The number of halogens is 2. The van der Waals surface area contributed by atoms with Crippen LogP contribution in [-0.2, 0) is 0 Å². The lowest BCUT2D eigenvalue weighted by atomic mass is 10.2. The number of hydrogen-bond acceptors (Lipinski definition) is 2. The van der Waals surface area contributed by atoms with Crippen molar-refractivity contribution in [2.24, 2.45) is 0 Å². The van der Waals surface area contributed by atoms with Crippen LogP contribution >= 0.6 is 34.2 Å². The Morgan fingerprint density at radius 1 is 1.33 bits per heavy atom. The first kappa shape index (κ1) is 8.19. The van der Waals surface area contributed by atoms with Crippen LogP contribution in [0.3, 0.4) is 0 Å². The van der Waals surface area contributed by atoms with Gasteiger partial charge >= 0.3 is 0 Å². The molecule has 0 spiro atoms. The van der Waals surface area contributed by atoms with Gasteiger partial charge in [-0.3, -0.25) is 0 Å². The summed E-state index contributed by atoms with van der Waals surface area (Å²) in [5.74, 6) is 0. The van der Waals surface area contributed by atoms with Gasteiger partial charge in [-0.25, -0.2) is 9.97 Å². The third kappa shape index (κ3) is 1.38. The molecule has 0 fully saturated rings. The van der Waals surface area contributed by atoms with E-state index >= 15 is 0 Å². The van der Waals surface area contributed by atoms with E-state index in [0.29, 0.717) is 5.28 Å². The molecule has 0 atom stereocenters. The van der Waals surface area contributed by atoms with Crippen molar-refractivity contribution in [3.8, 4) is 0 Å². The molecule has 1 aromatic carbocycles. The molecule has 4 heteroatoms. The lowest BCUT2D eigenvalue weighted by molar-refractivity contribution is 1.22. The molecule has 0 radical (unpaired) electrons. The maximum absolute atomic E-state index is 5.67. The van der Waals surface area contributed by atoms with Gasteiger partial charge in [0.2, 0.25) is 5.28 Å². The maximum Gasteiger partial charge on any atom is 0.222 e. The van der Waals surface area contributed by atoms with Crippen LogP contribution in [0.1, 0.15) is 0 Å². The molecule has 60 valence electrons. The number of nitrogens with zero attached hydrogens (tertiary/aromatic N) is 2. The van der Waals surface area contributed by atoms with Gasteiger partial charge in [0.05, 0.1) is 5.52 Å². The lowest BCUT2D eigenvalue weighted by Crippen LogP contribution is -1.85. The van der Waals surface area contributed by atoms with Crippen molar-refractivity contribution in [3.63, 3.8) is 0 Å². The second kappa shape index (κ2) is 3.14. The molecule has 0 saturated carbocycles. The molecule has 0 unspecified atom stereocenters. The predicted octanol–water partition coefficient (Wildman–Crippen LogP) is 2.89. The van der Waals surface area contributed by atoms with Crippen molar-refractivity contribution < 1.29 is 0 Å². The molecule has 0 aliphatic rings. The minimum atomic E-state index is 0.298. The summed E-state index contributed by atoms with van der Waals surface area (Å²) >= 11 is 7.89. The highest BCUT2D eigenvalue weighted by Crippen LogP contribution is 2.18. The summed E-state index contributed by atoms with van der Waals surface area (Å²) in [4.78, 5) is 8.02. The van der Waals surface area contributed by atoms with Crippen LogP contribution in [0, 0.1) is 3.57 Å². The van der Waals surface area contributed by atoms with E-state index in [0.717, 1.165) is 14.5 Å². The van der Waals surface area contributed by atoms with Crippen LogP contribution < -0.4 is 0 Å². The van der Waals surface area contributed by atoms with E-state index in [-0.39, 0.29) is 0 Å². The Kier molecular flexibility index (Phi) is 2.14. The van der Waals surface area contributed by atoms with E-state index in [9.17, 15) is 0 Å². The van der Waals surface area contributed by atoms with Crippen LogP contribution in [-0.4, -0.2) is 9.97 Å². The van der Waals surface area contributed by atoms with E-state index in [1.807, 2.05) is 18.2 Å². The number of benzene rings is 1. The first-order chi connectivity index (χ1) is 5.77. The van der Waals surface area contributed by atoms with Crippen molar-refractivity contribution in [3.05, 3.63) is 33.2 Å². The molecule has 2 rings (SSSR count). The summed E-state index contributed by atoms with van der Waals surface area (Å²) in [6.45, 7) is 0. The molecule has 12 heavy (non-hydrogen) atoms. The van der Waals surface area contributed by atoms with Gasteiger partial charge in [-0.1, -0.05) is 12.1 Å². The van der Waals surface area contributed by atoms with Gasteiger partial charge in [0, 0.05) is 15.2 Å². The lowest BCUT2D eigenvalue weighted by Gasteiger charge is -1.97. The predicted molar refractivity (Wildman–Crippen MR) is 57.3 cm³/mol. The van der Waals surface area contributed by atoms with Gasteiger partial charge in [-0.2, -0.15) is 0 Å². The van der Waals surface area contributed by atoms with Gasteiger partial charge in [0.25, 0.3) is 0 Å². The normalized spacial score (nSPS) is 10.5. The maximum atomic E-state index is 5.67. The quantitative estimate of drug-likeness (QED) is 0.551. The van der Waals surface area contributed by atoms with Crippen molar-refractivity contribution in [1.29, 1.82) is 0 Å². The number of para-hydroxylation sites is 1. The molecule has 0 bridgehead atoms. The van der Waals surface area contributed by atoms with Crippen molar-refractivity contribution in [2.75, 3.05) is 0 Å².